The molecule has 0 atom stereocenters. The Balaban J connectivity index is 1.30. The standard InChI is InChI=1S/C35H24F3N3O6/c36-35(37,38)25-10-6-22(7-11-25)20-33(43)40-30-17-12-26(21-29(30)34(44)24-4-2-1-3-5-24)39-32(42)19-16-28-15-18-31(47-28)23-8-13-27(14-9-23)41(45)46/h1-19,21H,20H2,(H,39,42)(H,40,43)/b19-16+. The third kappa shape index (κ3) is 8.25. The number of hydrogen-bond donors (Lipinski definition) is 2. The quantitative estimate of drug-likeness (QED) is 0.0690. The van der Waals surface area contributed by atoms with Crippen LogP contribution in [0, 0.1) is 10.1 Å². The fourth-order valence-electron chi connectivity index (χ4n) is 4.54. The van der Waals surface area contributed by atoms with Crippen molar-refractivity contribution in [3.63, 3.8) is 0 Å². The molecule has 9 nitrogen and oxygen atoms in total. The zero-order valence-electron chi connectivity index (χ0n) is 24.3. The number of benzene rings is 4. The van der Waals surface area contributed by atoms with Gasteiger partial charge in [0, 0.05) is 40.6 Å². The van der Waals surface area contributed by atoms with Crippen LogP contribution in [0.5, 0.6) is 0 Å². The summed E-state index contributed by atoms with van der Waals surface area (Å²) in [6.07, 6.45) is -2.09. The average molecular weight is 640 g/mol. The Labute approximate surface area is 265 Å². The molecular formula is C35H24F3N3O6. The lowest BCUT2D eigenvalue weighted by molar-refractivity contribution is -0.384. The topological polar surface area (TPSA) is 132 Å². The molecule has 5 aromatic rings. The number of nitrogens with one attached hydrogen (secondary N) is 2. The first-order chi connectivity index (χ1) is 22.5. The Hall–Kier alpha value is -6.30. The molecule has 2 N–H and O–H groups in total. The second kappa shape index (κ2) is 13.8. The van der Waals surface area contributed by atoms with Crippen LogP contribution in [-0.4, -0.2) is 22.5 Å². The molecule has 0 aliphatic carbocycles. The lowest BCUT2D eigenvalue weighted by atomic mass is 10.0. The van der Waals surface area contributed by atoms with Crippen LogP contribution in [0.25, 0.3) is 17.4 Å². The van der Waals surface area contributed by atoms with Crippen LogP contribution in [-0.2, 0) is 22.2 Å². The molecule has 1 aromatic heterocycles. The Kier molecular flexibility index (Phi) is 9.41. The van der Waals surface area contributed by atoms with Crippen molar-refractivity contribution in [3.8, 4) is 11.3 Å². The molecule has 0 spiro atoms. The summed E-state index contributed by atoms with van der Waals surface area (Å²) in [6, 6.07) is 25.9. The van der Waals surface area contributed by atoms with E-state index in [1.54, 1.807) is 54.6 Å². The second-order valence-corrected chi connectivity index (χ2v) is 10.2. The minimum absolute atomic E-state index is 0.0562. The van der Waals surface area contributed by atoms with Crippen LogP contribution in [0.1, 0.15) is 32.8 Å². The van der Waals surface area contributed by atoms with Crippen LogP contribution in [0.15, 0.2) is 120 Å². The van der Waals surface area contributed by atoms with E-state index in [-0.39, 0.29) is 29.0 Å². The van der Waals surface area contributed by atoms with Crippen molar-refractivity contribution < 1.29 is 36.9 Å². The highest BCUT2D eigenvalue weighted by atomic mass is 19.4. The van der Waals surface area contributed by atoms with Crippen LogP contribution in [0.3, 0.4) is 0 Å². The van der Waals surface area contributed by atoms with Crippen molar-refractivity contribution in [2.75, 3.05) is 10.6 Å². The Morgan fingerprint density at radius 1 is 0.830 bits per heavy atom. The summed E-state index contributed by atoms with van der Waals surface area (Å²) in [5, 5.41) is 16.2. The van der Waals surface area contributed by atoms with Gasteiger partial charge in [-0.3, -0.25) is 24.5 Å². The Morgan fingerprint density at radius 3 is 2.19 bits per heavy atom. The highest BCUT2D eigenvalue weighted by Gasteiger charge is 2.30. The predicted molar refractivity (Wildman–Crippen MR) is 169 cm³/mol. The molecule has 0 fully saturated rings. The molecule has 0 bridgehead atoms. The molecule has 1 heterocycles. The van der Waals surface area contributed by atoms with Crippen LogP contribution >= 0.6 is 0 Å². The largest absolute Gasteiger partial charge is 0.457 e. The van der Waals surface area contributed by atoms with Gasteiger partial charge in [-0.2, -0.15) is 13.2 Å². The number of nitrogens with zero attached hydrogens (tertiary/aromatic N) is 1. The van der Waals surface area contributed by atoms with E-state index < -0.39 is 34.3 Å². The first-order valence-corrected chi connectivity index (χ1v) is 14.0. The predicted octanol–water partition coefficient (Wildman–Crippen LogP) is 7.94. The maximum Gasteiger partial charge on any atom is 0.416 e. The fourth-order valence-corrected chi connectivity index (χ4v) is 4.54. The van der Waals surface area contributed by atoms with Crippen LogP contribution < -0.4 is 10.6 Å². The molecule has 0 aliphatic heterocycles. The molecule has 0 aliphatic rings. The van der Waals surface area contributed by atoms with Gasteiger partial charge in [0.15, 0.2) is 5.78 Å². The van der Waals surface area contributed by atoms with E-state index in [2.05, 4.69) is 10.6 Å². The molecule has 0 saturated carbocycles. The number of furan rings is 1. The molecule has 12 heteroatoms. The number of halogens is 3. The van der Waals surface area contributed by atoms with Crippen molar-refractivity contribution in [3.05, 3.63) is 153 Å². The lowest BCUT2D eigenvalue weighted by Crippen LogP contribution is -2.18. The van der Waals surface area contributed by atoms with E-state index in [0.29, 0.717) is 28.2 Å². The molecule has 2 amide bonds. The van der Waals surface area contributed by atoms with E-state index in [9.17, 15) is 37.7 Å². The van der Waals surface area contributed by atoms with Gasteiger partial charge < -0.3 is 15.1 Å². The zero-order chi connectivity index (χ0) is 33.6. The molecule has 0 saturated heterocycles. The van der Waals surface area contributed by atoms with Crippen LogP contribution in [0.2, 0.25) is 0 Å². The van der Waals surface area contributed by atoms with E-state index in [4.69, 9.17) is 4.42 Å². The minimum Gasteiger partial charge on any atom is -0.457 e. The maximum absolute atomic E-state index is 13.4. The van der Waals surface area contributed by atoms with Crippen molar-refractivity contribution in [1.82, 2.24) is 0 Å². The summed E-state index contributed by atoms with van der Waals surface area (Å²) in [5.74, 6) is -0.746. The van der Waals surface area contributed by atoms with Gasteiger partial charge in [0.1, 0.15) is 11.5 Å². The summed E-state index contributed by atoms with van der Waals surface area (Å²) >= 11 is 0. The van der Waals surface area contributed by atoms with Gasteiger partial charge >= 0.3 is 6.18 Å². The summed E-state index contributed by atoms with van der Waals surface area (Å²) in [4.78, 5) is 49.4. The van der Waals surface area contributed by atoms with Crippen LogP contribution in [0.4, 0.5) is 30.2 Å². The van der Waals surface area contributed by atoms with Crippen molar-refractivity contribution in [2.45, 2.75) is 12.6 Å². The summed E-state index contributed by atoms with van der Waals surface area (Å²) in [5.41, 5.74) is 0.887. The van der Waals surface area contributed by atoms with Gasteiger partial charge in [-0.15, -0.1) is 0 Å². The number of carbonyl (C=O) groups is 3. The summed E-state index contributed by atoms with van der Waals surface area (Å²) < 4.78 is 44.4. The van der Waals surface area contributed by atoms with Crippen molar-refractivity contribution in [2.24, 2.45) is 0 Å². The summed E-state index contributed by atoms with van der Waals surface area (Å²) in [7, 11) is 0. The van der Waals surface area contributed by atoms with E-state index in [1.165, 1.54) is 54.6 Å². The monoisotopic (exact) mass is 639 g/mol. The molecule has 236 valence electrons. The fraction of sp³-hybridized carbons (Fsp3) is 0.0571. The zero-order valence-corrected chi connectivity index (χ0v) is 24.3. The normalized spacial score (nSPS) is 11.3. The van der Waals surface area contributed by atoms with Gasteiger partial charge in [-0.1, -0.05) is 42.5 Å². The second-order valence-electron chi connectivity index (χ2n) is 10.2. The van der Waals surface area contributed by atoms with Gasteiger partial charge in [-0.05, 0) is 66.2 Å². The Morgan fingerprint density at radius 2 is 1.53 bits per heavy atom. The molecule has 4 aromatic carbocycles. The van der Waals surface area contributed by atoms with E-state index in [0.717, 1.165) is 12.1 Å². The van der Waals surface area contributed by atoms with Crippen molar-refractivity contribution in [1.29, 1.82) is 0 Å². The number of nitro groups is 1. The highest BCUT2D eigenvalue weighted by molar-refractivity contribution is 6.15. The average Bonchev–Trinajstić information content (AvgIpc) is 3.53. The number of anilines is 2. The lowest BCUT2D eigenvalue weighted by Gasteiger charge is -2.13. The maximum atomic E-state index is 13.4. The number of amides is 2. The first-order valence-electron chi connectivity index (χ1n) is 14.0. The number of carbonyl (C=O) groups excluding carboxylic acids is 3. The molecular weight excluding hydrogens is 615 g/mol. The van der Waals surface area contributed by atoms with Gasteiger partial charge in [0.2, 0.25) is 11.8 Å². The first kappa shape index (κ1) is 32.1. The van der Waals surface area contributed by atoms with Gasteiger partial charge in [0.05, 0.1) is 22.6 Å². The SMILES string of the molecule is O=C(/C=C/c1ccc(-c2ccc([N+](=O)[O-])cc2)o1)Nc1ccc(NC(=O)Cc2ccc(C(F)(F)F)cc2)c(C(=O)c2ccccc2)c1. The van der Waals surface area contributed by atoms with E-state index >= 15 is 0 Å². The Bertz CT molecular complexity index is 1970. The van der Waals surface area contributed by atoms with Gasteiger partial charge in [0.25, 0.3) is 5.69 Å². The molecule has 0 radical (unpaired) electrons. The number of non-ortho nitro benzene ring substituents is 1. The number of hydrogen-bond acceptors (Lipinski definition) is 6. The molecule has 47 heavy (non-hydrogen) atoms. The summed E-state index contributed by atoms with van der Waals surface area (Å²) in [6.45, 7) is 0. The molecule has 5 rings (SSSR count). The number of rotatable bonds is 10. The van der Waals surface area contributed by atoms with Crippen molar-refractivity contribution >= 4 is 40.7 Å². The van der Waals surface area contributed by atoms with E-state index in [1.807, 2.05) is 0 Å². The smallest absolute Gasteiger partial charge is 0.416 e. The number of ketones is 1. The third-order valence-corrected chi connectivity index (χ3v) is 6.88. The minimum atomic E-state index is -4.50. The highest BCUT2D eigenvalue weighted by Crippen LogP contribution is 2.30. The molecule has 0 unspecified atom stereocenters. The van der Waals surface area contributed by atoms with Gasteiger partial charge in [-0.25, -0.2) is 0 Å². The third-order valence-electron chi connectivity index (χ3n) is 6.88. The number of nitro benzene ring substituents is 1. The number of alkyl halides is 3.